The molecule has 2 rings (SSSR count). The lowest BCUT2D eigenvalue weighted by molar-refractivity contribution is -0.131. The summed E-state index contributed by atoms with van der Waals surface area (Å²) >= 11 is 0. The van der Waals surface area contributed by atoms with Crippen molar-refractivity contribution in [2.75, 3.05) is 4.72 Å². The third-order valence-electron chi connectivity index (χ3n) is 3.44. The van der Waals surface area contributed by atoms with E-state index in [1.807, 2.05) is 26.0 Å². The zero-order valence-corrected chi connectivity index (χ0v) is 14.2. The maximum absolute atomic E-state index is 12.5. The van der Waals surface area contributed by atoms with Gasteiger partial charge in [0.25, 0.3) is 10.0 Å². The molecule has 5 nitrogen and oxygen atoms in total. The summed E-state index contributed by atoms with van der Waals surface area (Å²) < 4.78 is 27.7. The molecule has 0 aliphatic heterocycles. The van der Waals surface area contributed by atoms with Gasteiger partial charge in [-0.25, -0.2) is 13.2 Å². The summed E-state index contributed by atoms with van der Waals surface area (Å²) in [7, 11) is -3.71. The van der Waals surface area contributed by atoms with Crippen LogP contribution in [0.3, 0.4) is 0 Å². The van der Waals surface area contributed by atoms with E-state index in [9.17, 15) is 13.2 Å². The number of rotatable bonds is 6. The molecule has 126 valence electrons. The van der Waals surface area contributed by atoms with Crippen LogP contribution >= 0.6 is 0 Å². The topological polar surface area (TPSA) is 83.5 Å². The smallest absolute Gasteiger partial charge is 0.328 e. The van der Waals surface area contributed by atoms with Crippen molar-refractivity contribution in [2.24, 2.45) is 0 Å². The van der Waals surface area contributed by atoms with Gasteiger partial charge in [-0.3, -0.25) is 4.72 Å². The number of sulfonamides is 1. The van der Waals surface area contributed by atoms with Gasteiger partial charge in [0.05, 0.1) is 10.6 Å². The number of para-hydroxylation sites is 1. The van der Waals surface area contributed by atoms with Crippen molar-refractivity contribution in [2.45, 2.75) is 24.7 Å². The molecule has 0 aliphatic rings. The van der Waals surface area contributed by atoms with Crippen LogP contribution in [-0.2, 0) is 14.8 Å². The predicted octanol–water partition coefficient (Wildman–Crippen LogP) is 3.71. The molecule has 2 aromatic rings. The predicted molar refractivity (Wildman–Crippen MR) is 94.5 cm³/mol. The Labute approximate surface area is 141 Å². The van der Waals surface area contributed by atoms with Gasteiger partial charge in [0.15, 0.2) is 0 Å². The monoisotopic (exact) mass is 345 g/mol. The molecule has 2 aromatic carbocycles. The van der Waals surface area contributed by atoms with Crippen molar-refractivity contribution in [3.05, 3.63) is 65.7 Å². The normalized spacial score (nSPS) is 11.8. The average molecular weight is 345 g/mol. The van der Waals surface area contributed by atoms with Crippen LogP contribution in [0, 0.1) is 0 Å². The van der Waals surface area contributed by atoms with Crippen LogP contribution in [0.25, 0.3) is 6.08 Å². The van der Waals surface area contributed by atoms with E-state index in [2.05, 4.69) is 4.72 Å². The number of benzene rings is 2. The van der Waals surface area contributed by atoms with Gasteiger partial charge >= 0.3 is 5.97 Å². The zero-order valence-electron chi connectivity index (χ0n) is 13.4. The molecular weight excluding hydrogens is 326 g/mol. The van der Waals surface area contributed by atoms with Crippen molar-refractivity contribution in [3.63, 3.8) is 0 Å². The average Bonchev–Trinajstić information content (AvgIpc) is 2.53. The van der Waals surface area contributed by atoms with Crippen LogP contribution in [0.15, 0.2) is 59.5 Å². The minimum atomic E-state index is -3.71. The first-order valence-electron chi connectivity index (χ1n) is 7.42. The highest BCUT2D eigenvalue weighted by Crippen LogP contribution is 2.26. The number of carbonyl (C=O) groups is 1. The summed E-state index contributed by atoms with van der Waals surface area (Å²) in [6.45, 7) is 3.99. The first kappa shape index (κ1) is 17.7. The Kier molecular flexibility index (Phi) is 5.41. The highest BCUT2D eigenvalue weighted by Gasteiger charge is 2.16. The Hall–Kier alpha value is -2.60. The molecule has 0 aliphatic carbocycles. The minimum Gasteiger partial charge on any atom is -0.478 e. The first-order valence-corrected chi connectivity index (χ1v) is 8.91. The number of anilines is 1. The molecular formula is C18H19NO4S. The van der Waals surface area contributed by atoms with Crippen molar-refractivity contribution < 1.29 is 18.3 Å². The van der Waals surface area contributed by atoms with E-state index in [0.29, 0.717) is 11.3 Å². The molecule has 2 N–H and O–H groups in total. The summed E-state index contributed by atoms with van der Waals surface area (Å²) in [6.07, 6.45) is 2.40. The number of aliphatic carboxylic acids is 1. The Balaban J connectivity index is 2.27. The second-order valence-electron chi connectivity index (χ2n) is 5.59. The van der Waals surface area contributed by atoms with Gasteiger partial charge in [0.2, 0.25) is 0 Å². The van der Waals surface area contributed by atoms with Gasteiger partial charge < -0.3 is 5.11 Å². The van der Waals surface area contributed by atoms with Crippen LogP contribution in [0.4, 0.5) is 5.69 Å². The van der Waals surface area contributed by atoms with E-state index in [1.165, 1.54) is 18.2 Å². The molecule has 6 heteroatoms. The van der Waals surface area contributed by atoms with Gasteiger partial charge in [0, 0.05) is 6.08 Å². The summed E-state index contributed by atoms with van der Waals surface area (Å²) in [5, 5.41) is 8.60. The quantitative estimate of drug-likeness (QED) is 0.782. The molecule has 0 saturated heterocycles. The fraction of sp³-hybridized carbons (Fsp3) is 0.167. The Morgan fingerprint density at radius 1 is 1.08 bits per heavy atom. The van der Waals surface area contributed by atoms with Crippen LogP contribution in [0.2, 0.25) is 0 Å². The third-order valence-corrected chi connectivity index (χ3v) is 4.82. The lowest BCUT2D eigenvalue weighted by Gasteiger charge is -2.14. The van der Waals surface area contributed by atoms with E-state index in [1.54, 1.807) is 24.3 Å². The van der Waals surface area contributed by atoms with Gasteiger partial charge in [-0.2, -0.15) is 0 Å². The Morgan fingerprint density at radius 3 is 2.29 bits per heavy atom. The molecule has 0 atom stereocenters. The van der Waals surface area contributed by atoms with E-state index < -0.39 is 16.0 Å². The maximum atomic E-state index is 12.5. The van der Waals surface area contributed by atoms with Gasteiger partial charge in [-0.05, 0) is 41.3 Å². The minimum absolute atomic E-state index is 0.119. The van der Waals surface area contributed by atoms with Crippen LogP contribution in [0.1, 0.15) is 30.9 Å². The van der Waals surface area contributed by atoms with E-state index >= 15 is 0 Å². The highest BCUT2D eigenvalue weighted by molar-refractivity contribution is 7.92. The largest absolute Gasteiger partial charge is 0.478 e. The molecule has 0 bridgehead atoms. The molecule has 0 fully saturated rings. The SMILES string of the molecule is CC(C)c1ccccc1NS(=O)(=O)c1ccc(/C=C/C(=O)O)cc1. The number of hydrogen-bond acceptors (Lipinski definition) is 3. The van der Waals surface area contributed by atoms with Gasteiger partial charge in [-0.15, -0.1) is 0 Å². The molecule has 0 radical (unpaired) electrons. The molecule has 24 heavy (non-hydrogen) atoms. The van der Waals surface area contributed by atoms with Crippen LogP contribution in [-0.4, -0.2) is 19.5 Å². The third kappa shape index (κ3) is 4.45. The van der Waals surface area contributed by atoms with Crippen molar-refractivity contribution in [3.8, 4) is 0 Å². The van der Waals surface area contributed by atoms with Crippen LogP contribution in [0.5, 0.6) is 0 Å². The summed E-state index contributed by atoms with van der Waals surface area (Å²) in [6, 6.07) is 13.3. The molecule has 0 spiro atoms. The molecule has 0 heterocycles. The fourth-order valence-electron chi connectivity index (χ4n) is 2.22. The van der Waals surface area contributed by atoms with Gasteiger partial charge in [-0.1, -0.05) is 44.2 Å². The molecule has 0 aromatic heterocycles. The van der Waals surface area contributed by atoms with E-state index in [-0.39, 0.29) is 10.8 Å². The first-order chi connectivity index (χ1) is 11.3. The molecule has 0 unspecified atom stereocenters. The number of nitrogens with one attached hydrogen (secondary N) is 1. The van der Waals surface area contributed by atoms with Crippen LogP contribution < -0.4 is 4.72 Å². The summed E-state index contributed by atoms with van der Waals surface area (Å²) in [4.78, 5) is 10.6. The zero-order chi connectivity index (χ0) is 17.7. The number of carboxylic acids is 1. The summed E-state index contributed by atoms with van der Waals surface area (Å²) in [5.41, 5.74) is 2.09. The summed E-state index contributed by atoms with van der Waals surface area (Å²) in [5.74, 6) is -0.869. The molecule has 0 saturated carbocycles. The Morgan fingerprint density at radius 2 is 1.71 bits per heavy atom. The van der Waals surface area contributed by atoms with Crippen molar-refractivity contribution in [1.29, 1.82) is 0 Å². The second kappa shape index (κ2) is 7.31. The van der Waals surface area contributed by atoms with Crippen molar-refractivity contribution in [1.82, 2.24) is 0 Å². The lowest BCUT2D eigenvalue weighted by Crippen LogP contribution is -2.14. The Bertz CT molecular complexity index is 853. The van der Waals surface area contributed by atoms with Crippen molar-refractivity contribution >= 4 is 27.8 Å². The fourth-order valence-corrected chi connectivity index (χ4v) is 3.31. The van der Waals surface area contributed by atoms with E-state index in [4.69, 9.17) is 5.11 Å². The maximum Gasteiger partial charge on any atom is 0.328 e. The number of carboxylic acid groups (broad SMARTS) is 1. The second-order valence-corrected chi connectivity index (χ2v) is 7.27. The lowest BCUT2D eigenvalue weighted by atomic mass is 10.0. The highest BCUT2D eigenvalue weighted by atomic mass is 32.2. The number of hydrogen-bond donors (Lipinski definition) is 2. The molecule has 0 amide bonds. The standard InChI is InChI=1S/C18H19NO4S/c1-13(2)16-5-3-4-6-17(16)19-24(22,23)15-10-7-14(8-11-15)9-12-18(20)21/h3-13,19H,1-2H3,(H,20,21)/b12-9+. The van der Waals surface area contributed by atoms with Gasteiger partial charge in [0.1, 0.15) is 0 Å². The van der Waals surface area contributed by atoms with E-state index in [0.717, 1.165) is 11.6 Å².